The molecular weight excluding hydrogens is 315 g/mol. The molecule has 1 unspecified atom stereocenters. The summed E-state index contributed by atoms with van der Waals surface area (Å²) in [4.78, 5) is 16.0. The molecule has 0 fully saturated rings. The van der Waals surface area contributed by atoms with E-state index in [0.29, 0.717) is 13.0 Å². The lowest BCUT2D eigenvalue weighted by molar-refractivity contribution is -0.123. The Hall–Kier alpha value is -1.34. The van der Waals surface area contributed by atoms with Crippen LogP contribution in [0.4, 0.5) is 0 Å². The molecule has 21 heavy (non-hydrogen) atoms. The molecule has 0 spiro atoms. The number of methoxy groups -OCH3 is 1. The number of hydrogen-bond acceptors (Lipinski definition) is 4. The summed E-state index contributed by atoms with van der Waals surface area (Å²) in [7, 11) is 1.52. The minimum absolute atomic E-state index is 0. The zero-order valence-electron chi connectivity index (χ0n) is 11.7. The predicted octanol–water partition coefficient (Wildman–Crippen LogP) is 0.810. The first-order valence-electron chi connectivity index (χ1n) is 6.15. The Balaban J connectivity index is 0.00000200. The molecule has 1 amide bonds. The Bertz CT molecular complexity index is 529. The van der Waals surface area contributed by atoms with Gasteiger partial charge in [0.1, 0.15) is 11.7 Å². The van der Waals surface area contributed by atoms with E-state index in [-0.39, 0.29) is 37.3 Å². The molecule has 2 rings (SSSR count). The summed E-state index contributed by atoms with van der Waals surface area (Å²) in [5, 5.41) is 2.77. The van der Waals surface area contributed by atoms with Crippen molar-refractivity contribution in [2.24, 2.45) is 5.73 Å². The lowest BCUT2D eigenvalue weighted by Crippen LogP contribution is -2.44. The third-order valence-electron chi connectivity index (χ3n) is 2.78. The molecule has 0 aliphatic heterocycles. The minimum atomic E-state index is -0.619. The fraction of sp³-hybridized carbons (Fsp3) is 0.385. The lowest BCUT2D eigenvalue weighted by Gasteiger charge is -2.10. The maximum absolute atomic E-state index is 11.6. The zero-order valence-corrected chi connectivity index (χ0v) is 13.3. The van der Waals surface area contributed by atoms with Crippen molar-refractivity contribution in [2.75, 3.05) is 20.3 Å². The van der Waals surface area contributed by atoms with Gasteiger partial charge < -0.3 is 20.2 Å². The van der Waals surface area contributed by atoms with E-state index in [4.69, 9.17) is 10.5 Å². The molecule has 0 aliphatic carbocycles. The number of imidazole rings is 1. The highest BCUT2D eigenvalue weighted by Crippen LogP contribution is 2.04. The number of rotatable bonds is 6. The summed E-state index contributed by atoms with van der Waals surface area (Å²) in [6, 6.07) is 5.21. The Morgan fingerprint density at radius 2 is 2.24 bits per heavy atom. The summed E-state index contributed by atoms with van der Waals surface area (Å²) in [6.45, 7) is 0.736. The number of aromatic nitrogens is 2. The van der Waals surface area contributed by atoms with Crippen LogP contribution >= 0.6 is 24.8 Å². The van der Waals surface area contributed by atoms with Crippen LogP contribution in [0.2, 0.25) is 0 Å². The van der Waals surface area contributed by atoms with Gasteiger partial charge in [-0.1, -0.05) is 6.07 Å². The predicted molar refractivity (Wildman–Crippen MR) is 86.3 cm³/mol. The van der Waals surface area contributed by atoms with Gasteiger partial charge >= 0.3 is 0 Å². The summed E-state index contributed by atoms with van der Waals surface area (Å²) >= 11 is 0. The first kappa shape index (κ1) is 19.7. The average molecular weight is 335 g/mol. The molecule has 0 saturated heterocycles. The number of halogens is 2. The number of nitrogens with zero attached hydrogens (tertiary/aromatic N) is 2. The van der Waals surface area contributed by atoms with E-state index in [1.165, 1.54) is 7.11 Å². The first-order valence-corrected chi connectivity index (χ1v) is 6.15. The SMILES string of the molecule is COCC(N)C(=O)NCCc1cn2ccccc2n1.Cl.Cl. The maximum atomic E-state index is 11.6. The van der Waals surface area contributed by atoms with Gasteiger partial charge in [0.15, 0.2) is 0 Å². The number of ether oxygens (including phenoxy) is 1. The van der Waals surface area contributed by atoms with Gasteiger partial charge in [-0.15, -0.1) is 24.8 Å². The van der Waals surface area contributed by atoms with Gasteiger partial charge in [0.05, 0.1) is 12.3 Å². The number of carbonyl (C=O) groups is 1. The maximum Gasteiger partial charge on any atom is 0.239 e. The van der Waals surface area contributed by atoms with Gasteiger partial charge in [-0.05, 0) is 12.1 Å². The topological polar surface area (TPSA) is 81.6 Å². The third-order valence-corrected chi connectivity index (χ3v) is 2.78. The van der Waals surface area contributed by atoms with E-state index in [1.807, 2.05) is 35.0 Å². The number of amides is 1. The van der Waals surface area contributed by atoms with Gasteiger partial charge in [-0.2, -0.15) is 0 Å². The molecule has 0 radical (unpaired) electrons. The van der Waals surface area contributed by atoms with Gasteiger partial charge in [0.25, 0.3) is 0 Å². The Morgan fingerprint density at radius 3 is 2.90 bits per heavy atom. The molecule has 1 atom stereocenters. The van der Waals surface area contributed by atoms with Gasteiger partial charge in [-0.25, -0.2) is 4.98 Å². The second kappa shape index (κ2) is 9.57. The van der Waals surface area contributed by atoms with Crippen LogP contribution in [0.15, 0.2) is 30.6 Å². The Kier molecular flexibility index (Phi) is 8.96. The van der Waals surface area contributed by atoms with Gasteiger partial charge in [-0.3, -0.25) is 4.79 Å². The van der Waals surface area contributed by atoms with Crippen molar-refractivity contribution in [1.82, 2.24) is 14.7 Å². The quantitative estimate of drug-likeness (QED) is 0.819. The molecule has 2 aromatic heterocycles. The highest BCUT2D eigenvalue weighted by atomic mass is 35.5. The fourth-order valence-corrected chi connectivity index (χ4v) is 1.81. The summed E-state index contributed by atoms with van der Waals surface area (Å²) in [6.07, 6.45) is 4.57. The smallest absolute Gasteiger partial charge is 0.239 e. The number of carbonyl (C=O) groups excluding carboxylic acids is 1. The van der Waals surface area contributed by atoms with Gasteiger partial charge in [0, 0.05) is 32.5 Å². The average Bonchev–Trinajstić information content (AvgIpc) is 2.81. The van der Waals surface area contributed by atoms with Crippen LogP contribution in [0.3, 0.4) is 0 Å². The molecule has 2 heterocycles. The summed E-state index contributed by atoms with van der Waals surface area (Å²) in [5.74, 6) is -0.203. The van der Waals surface area contributed by atoms with E-state index in [2.05, 4.69) is 10.3 Å². The Morgan fingerprint density at radius 1 is 1.48 bits per heavy atom. The lowest BCUT2D eigenvalue weighted by atomic mass is 10.3. The fourth-order valence-electron chi connectivity index (χ4n) is 1.81. The third kappa shape index (κ3) is 5.51. The minimum Gasteiger partial charge on any atom is -0.383 e. The van der Waals surface area contributed by atoms with Crippen LogP contribution in [-0.2, 0) is 16.0 Å². The molecular formula is C13H20Cl2N4O2. The van der Waals surface area contributed by atoms with E-state index < -0.39 is 6.04 Å². The van der Waals surface area contributed by atoms with E-state index in [1.54, 1.807) is 0 Å². The second-order valence-corrected chi connectivity index (χ2v) is 4.30. The molecule has 0 aliphatic rings. The van der Waals surface area contributed by atoms with Crippen molar-refractivity contribution in [3.05, 3.63) is 36.3 Å². The molecule has 8 heteroatoms. The normalized spacial score (nSPS) is 11.3. The number of nitrogens with one attached hydrogen (secondary N) is 1. The monoisotopic (exact) mass is 334 g/mol. The molecule has 3 N–H and O–H groups in total. The molecule has 118 valence electrons. The Labute approximate surface area is 135 Å². The number of hydrogen-bond donors (Lipinski definition) is 2. The second-order valence-electron chi connectivity index (χ2n) is 4.30. The van der Waals surface area contributed by atoms with Crippen molar-refractivity contribution in [3.8, 4) is 0 Å². The molecule has 6 nitrogen and oxygen atoms in total. The number of pyridine rings is 1. The van der Waals surface area contributed by atoms with Crippen LogP contribution in [0.25, 0.3) is 5.65 Å². The molecule has 2 aromatic rings. The largest absolute Gasteiger partial charge is 0.383 e. The molecule has 0 bridgehead atoms. The molecule has 0 aromatic carbocycles. The van der Waals surface area contributed by atoms with Crippen LogP contribution in [0.1, 0.15) is 5.69 Å². The summed E-state index contributed by atoms with van der Waals surface area (Å²) in [5.41, 5.74) is 7.45. The van der Waals surface area contributed by atoms with Gasteiger partial charge in [0.2, 0.25) is 5.91 Å². The standard InChI is InChI=1S/C13H18N4O2.2ClH/c1-19-9-11(14)13(18)15-6-5-10-8-17-7-3-2-4-12(17)16-10;;/h2-4,7-8,11H,5-6,9,14H2,1H3,(H,15,18);2*1H. The van der Waals surface area contributed by atoms with Crippen molar-refractivity contribution in [2.45, 2.75) is 12.5 Å². The van der Waals surface area contributed by atoms with Crippen LogP contribution in [0, 0.1) is 0 Å². The van der Waals surface area contributed by atoms with Crippen LogP contribution in [0.5, 0.6) is 0 Å². The van der Waals surface area contributed by atoms with Crippen LogP contribution < -0.4 is 11.1 Å². The van der Waals surface area contributed by atoms with Crippen LogP contribution in [-0.4, -0.2) is 41.6 Å². The van der Waals surface area contributed by atoms with E-state index in [0.717, 1.165) is 11.3 Å². The van der Waals surface area contributed by atoms with Crippen molar-refractivity contribution in [3.63, 3.8) is 0 Å². The highest BCUT2D eigenvalue weighted by Gasteiger charge is 2.12. The molecule has 0 saturated carbocycles. The highest BCUT2D eigenvalue weighted by molar-refractivity contribution is 5.85. The summed E-state index contributed by atoms with van der Waals surface area (Å²) < 4.78 is 6.78. The van der Waals surface area contributed by atoms with Crippen molar-refractivity contribution in [1.29, 1.82) is 0 Å². The van der Waals surface area contributed by atoms with Crippen molar-refractivity contribution < 1.29 is 9.53 Å². The first-order chi connectivity index (χ1) is 9.20. The van der Waals surface area contributed by atoms with E-state index in [9.17, 15) is 4.79 Å². The number of nitrogens with two attached hydrogens (primary N) is 1. The number of fused-ring (bicyclic) bond motifs is 1. The zero-order chi connectivity index (χ0) is 13.7. The van der Waals surface area contributed by atoms with E-state index >= 15 is 0 Å². The van der Waals surface area contributed by atoms with Crippen molar-refractivity contribution >= 4 is 36.4 Å².